The van der Waals surface area contributed by atoms with Crippen LogP contribution in [0, 0.1) is 5.82 Å². The molecule has 6 nitrogen and oxygen atoms in total. The van der Waals surface area contributed by atoms with Gasteiger partial charge in [-0.15, -0.1) is 0 Å². The summed E-state index contributed by atoms with van der Waals surface area (Å²) in [6.45, 7) is 0.572. The first kappa shape index (κ1) is 34.1. The maximum atomic E-state index is 13.8. The number of rotatable bonds is 11. The molecule has 4 aromatic rings. The Kier molecular flexibility index (Phi) is 11.0. The van der Waals surface area contributed by atoms with Crippen LogP contribution in [0.15, 0.2) is 97.1 Å². The summed E-state index contributed by atoms with van der Waals surface area (Å²) in [6, 6.07) is 23.9. The standard InChI is InChI=1S/C36H34ClF4N3O3/c37-29-20-25(14-15-30(29)38)32-13-6-16-44(32)35(47)27-11-5-10-26(19-27)34(46)43-31(18-23-7-2-1-3-8-23)33(45)22-42-21-24-9-4-12-28(17-24)36(39,40)41/h1-5,7-12,14-15,17,19-20,31-33,42,45H,6,13,16,18,21-22H2,(H,43,46). The number of nitrogens with zero attached hydrogens (tertiary/aromatic N) is 1. The Hall–Kier alpha value is -4.25. The van der Waals surface area contributed by atoms with E-state index in [1.807, 2.05) is 30.3 Å². The minimum absolute atomic E-state index is 0.00367. The van der Waals surface area contributed by atoms with Crippen LogP contribution < -0.4 is 10.6 Å². The van der Waals surface area contributed by atoms with Gasteiger partial charge in [0.05, 0.1) is 28.8 Å². The molecule has 1 heterocycles. The highest BCUT2D eigenvalue weighted by atomic mass is 35.5. The van der Waals surface area contributed by atoms with Gasteiger partial charge in [-0.05, 0) is 72.4 Å². The van der Waals surface area contributed by atoms with Gasteiger partial charge >= 0.3 is 6.18 Å². The highest BCUT2D eigenvalue weighted by Gasteiger charge is 2.32. The zero-order valence-electron chi connectivity index (χ0n) is 25.3. The van der Waals surface area contributed by atoms with E-state index < -0.39 is 35.6 Å². The molecule has 1 fully saturated rings. The average Bonchev–Trinajstić information content (AvgIpc) is 3.56. The molecule has 246 valence electrons. The zero-order valence-corrected chi connectivity index (χ0v) is 26.1. The van der Waals surface area contributed by atoms with Crippen molar-refractivity contribution in [1.82, 2.24) is 15.5 Å². The van der Waals surface area contributed by atoms with Gasteiger partial charge in [0.1, 0.15) is 5.82 Å². The molecular weight excluding hydrogens is 634 g/mol. The fourth-order valence-corrected chi connectivity index (χ4v) is 5.99. The van der Waals surface area contributed by atoms with Crippen molar-refractivity contribution in [3.8, 4) is 0 Å². The number of carbonyl (C=O) groups is 2. The largest absolute Gasteiger partial charge is 0.416 e. The van der Waals surface area contributed by atoms with Crippen LogP contribution in [0.5, 0.6) is 0 Å². The monoisotopic (exact) mass is 667 g/mol. The summed E-state index contributed by atoms with van der Waals surface area (Å²) in [5, 5.41) is 17.0. The predicted molar refractivity (Wildman–Crippen MR) is 171 cm³/mol. The van der Waals surface area contributed by atoms with Crippen LogP contribution in [0.3, 0.4) is 0 Å². The quantitative estimate of drug-likeness (QED) is 0.151. The molecule has 0 aliphatic carbocycles. The molecule has 47 heavy (non-hydrogen) atoms. The Labute approximate surface area is 275 Å². The first-order valence-corrected chi connectivity index (χ1v) is 15.6. The van der Waals surface area contributed by atoms with E-state index in [9.17, 15) is 32.3 Å². The second-order valence-electron chi connectivity index (χ2n) is 11.6. The van der Waals surface area contributed by atoms with Crippen molar-refractivity contribution in [2.24, 2.45) is 0 Å². The lowest BCUT2D eigenvalue weighted by Gasteiger charge is -2.26. The van der Waals surface area contributed by atoms with E-state index in [2.05, 4.69) is 10.6 Å². The van der Waals surface area contributed by atoms with Gasteiger partial charge in [-0.1, -0.05) is 72.3 Å². The minimum atomic E-state index is -4.46. The minimum Gasteiger partial charge on any atom is -0.390 e. The van der Waals surface area contributed by atoms with Crippen LogP contribution in [0.25, 0.3) is 0 Å². The molecule has 1 aliphatic heterocycles. The molecule has 0 bridgehead atoms. The van der Waals surface area contributed by atoms with Crippen LogP contribution in [0.4, 0.5) is 17.6 Å². The van der Waals surface area contributed by atoms with Gasteiger partial charge in [-0.25, -0.2) is 4.39 Å². The average molecular weight is 668 g/mol. The second-order valence-corrected chi connectivity index (χ2v) is 12.0. The zero-order chi connectivity index (χ0) is 33.6. The summed E-state index contributed by atoms with van der Waals surface area (Å²) >= 11 is 6.00. The van der Waals surface area contributed by atoms with Gasteiger partial charge < -0.3 is 20.6 Å². The maximum absolute atomic E-state index is 13.8. The Bertz CT molecular complexity index is 1700. The lowest BCUT2D eigenvalue weighted by Crippen LogP contribution is -2.48. The highest BCUT2D eigenvalue weighted by molar-refractivity contribution is 6.30. The van der Waals surface area contributed by atoms with Crippen LogP contribution in [0.2, 0.25) is 5.02 Å². The molecule has 0 saturated carbocycles. The molecule has 2 amide bonds. The first-order valence-electron chi connectivity index (χ1n) is 15.3. The molecule has 0 radical (unpaired) electrons. The fraction of sp³-hybridized carbons (Fsp3) is 0.278. The number of carbonyl (C=O) groups excluding carboxylic acids is 2. The van der Waals surface area contributed by atoms with Crippen molar-refractivity contribution in [2.75, 3.05) is 13.1 Å². The van der Waals surface area contributed by atoms with E-state index in [4.69, 9.17) is 11.6 Å². The summed E-state index contributed by atoms with van der Waals surface area (Å²) < 4.78 is 53.1. The van der Waals surface area contributed by atoms with Gasteiger partial charge in [0.25, 0.3) is 11.8 Å². The normalized spacial score (nSPS) is 16.1. The van der Waals surface area contributed by atoms with Crippen molar-refractivity contribution >= 4 is 23.4 Å². The van der Waals surface area contributed by atoms with E-state index >= 15 is 0 Å². The second kappa shape index (κ2) is 15.1. The molecule has 1 aliphatic rings. The predicted octanol–water partition coefficient (Wildman–Crippen LogP) is 6.97. The summed E-state index contributed by atoms with van der Waals surface area (Å²) in [6.07, 6.45) is -3.83. The maximum Gasteiger partial charge on any atom is 0.416 e. The molecule has 0 spiro atoms. The summed E-state index contributed by atoms with van der Waals surface area (Å²) in [5.74, 6) is -1.31. The Morgan fingerprint density at radius 1 is 0.915 bits per heavy atom. The third kappa shape index (κ3) is 8.77. The van der Waals surface area contributed by atoms with E-state index in [0.717, 1.165) is 29.7 Å². The molecular formula is C36H34ClF4N3O3. The molecule has 11 heteroatoms. The van der Waals surface area contributed by atoms with E-state index in [-0.39, 0.29) is 42.0 Å². The molecule has 3 unspecified atom stereocenters. The molecule has 4 aromatic carbocycles. The van der Waals surface area contributed by atoms with Crippen LogP contribution in [-0.4, -0.2) is 47.1 Å². The van der Waals surface area contributed by atoms with Crippen molar-refractivity contribution in [3.63, 3.8) is 0 Å². The van der Waals surface area contributed by atoms with Crippen LogP contribution in [-0.2, 0) is 19.1 Å². The Balaban J connectivity index is 1.27. The van der Waals surface area contributed by atoms with Gasteiger partial charge in [-0.2, -0.15) is 13.2 Å². The fourth-order valence-electron chi connectivity index (χ4n) is 5.80. The number of aliphatic hydroxyl groups is 1. The van der Waals surface area contributed by atoms with Crippen molar-refractivity contribution in [2.45, 2.75) is 50.2 Å². The smallest absolute Gasteiger partial charge is 0.390 e. The number of likely N-dealkylation sites (tertiary alicyclic amines) is 1. The molecule has 5 rings (SSSR count). The van der Waals surface area contributed by atoms with Crippen molar-refractivity contribution in [3.05, 3.63) is 141 Å². The number of benzene rings is 4. The molecule has 1 saturated heterocycles. The number of amides is 2. The van der Waals surface area contributed by atoms with Gasteiger partial charge in [0.2, 0.25) is 0 Å². The number of aliphatic hydroxyl groups excluding tert-OH is 1. The van der Waals surface area contributed by atoms with Crippen LogP contribution >= 0.6 is 11.6 Å². The van der Waals surface area contributed by atoms with Gasteiger partial charge in [-0.3, -0.25) is 9.59 Å². The molecule has 3 N–H and O–H groups in total. The molecule has 0 aromatic heterocycles. The number of alkyl halides is 3. The number of hydrogen-bond acceptors (Lipinski definition) is 4. The summed E-state index contributed by atoms with van der Waals surface area (Å²) in [4.78, 5) is 28.8. The van der Waals surface area contributed by atoms with Gasteiger partial charge in [0.15, 0.2) is 0 Å². The topological polar surface area (TPSA) is 81.7 Å². The summed E-state index contributed by atoms with van der Waals surface area (Å²) in [7, 11) is 0. The van der Waals surface area contributed by atoms with Crippen LogP contribution in [0.1, 0.15) is 61.9 Å². The van der Waals surface area contributed by atoms with Gasteiger partial charge in [0, 0.05) is 30.8 Å². The Morgan fingerprint density at radius 2 is 1.64 bits per heavy atom. The SMILES string of the molecule is O=C(NC(Cc1ccccc1)C(O)CNCc1cccc(C(F)(F)F)c1)c1cccc(C(=O)N2CCCC2c2ccc(F)c(Cl)c2)c1. The molecule has 3 atom stereocenters. The van der Waals surface area contributed by atoms with E-state index in [0.29, 0.717) is 24.1 Å². The Morgan fingerprint density at radius 3 is 2.38 bits per heavy atom. The first-order chi connectivity index (χ1) is 22.5. The third-order valence-corrected chi connectivity index (χ3v) is 8.52. The van der Waals surface area contributed by atoms with Crippen molar-refractivity contribution < 1.29 is 32.3 Å². The number of hydrogen-bond donors (Lipinski definition) is 3. The summed E-state index contributed by atoms with van der Waals surface area (Å²) in [5.41, 5.74) is 1.77. The van der Waals surface area contributed by atoms with E-state index in [1.54, 1.807) is 35.2 Å². The number of nitrogens with one attached hydrogen (secondary N) is 2. The van der Waals surface area contributed by atoms with E-state index in [1.165, 1.54) is 24.3 Å². The highest BCUT2D eigenvalue weighted by Crippen LogP contribution is 2.35. The lowest BCUT2D eigenvalue weighted by molar-refractivity contribution is -0.137. The van der Waals surface area contributed by atoms with Crippen molar-refractivity contribution in [1.29, 1.82) is 0 Å². The lowest BCUT2D eigenvalue weighted by atomic mass is 10.00. The third-order valence-electron chi connectivity index (χ3n) is 8.23. The number of halogens is 5.